The maximum Gasteiger partial charge on any atom is 0.276 e. The summed E-state index contributed by atoms with van der Waals surface area (Å²) in [6.45, 7) is 0.671. The minimum atomic E-state index is -3.49. The number of amides is 2. The SMILES string of the molecule is CNC(=O)CS(=O)(=O)C1CCN(C(=O)c2cc(C3CC3)on2)CC1. The van der Waals surface area contributed by atoms with E-state index < -0.39 is 26.7 Å². The summed E-state index contributed by atoms with van der Waals surface area (Å²) in [5.41, 5.74) is 0.281. The number of nitrogens with one attached hydrogen (secondary N) is 1. The lowest BCUT2D eigenvalue weighted by Crippen LogP contribution is -2.44. The molecule has 1 aliphatic heterocycles. The van der Waals surface area contributed by atoms with E-state index >= 15 is 0 Å². The molecule has 0 bridgehead atoms. The number of hydrogen-bond donors (Lipinski definition) is 1. The Bertz CT molecular complexity index is 730. The monoisotopic (exact) mass is 355 g/mol. The fraction of sp³-hybridized carbons (Fsp3) is 0.667. The number of sulfone groups is 1. The molecule has 0 spiro atoms. The largest absolute Gasteiger partial charge is 0.360 e. The fourth-order valence-corrected chi connectivity index (χ4v) is 4.58. The molecule has 9 heteroatoms. The fourth-order valence-electron chi connectivity index (χ4n) is 2.90. The molecule has 2 heterocycles. The van der Waals surface area contributed by atoms with Crippen molar-refractivity contribution < 1.29 is 22.5 Å². The first kappa shape index (κ1) is 16.9. The van der Waals surface area contributed by atoms with E-state index in [4.69, 9.17) is 4.52 Å². The second-order valence-electron chi connectivity index (χ2n) is 6.36. The van der Waals surface area contributed by atoms with Crippen molar-refractivity contribution in [1.82, 2.24) is 15.4 Å². The Hall–Kier alpha value is -1.90. The topological polar surface area (TPSA) is 110 Å². The molecular formula is C15H21N3O5S. The lowest BCUT2D eigenvalue weighted by molar-refractivity contribution is -0.118. The van der Waals surface area contributed by atoms with Crippen LogP contribution in [0.5, 0.6) is 0 Å². The maximum atomic E-state index is 12.4. The summed E-state index contributed by atoms with van der Waals surface area (Å²) in [6, 6.07) is 1.69. The number of carbonyl (C=O) groups is 2. The van der Waals surface area contributed by atoms with Crippen LogP contribution in [0.1, 0.15) is 47.8 Å². The number of carbonyl (C=O) groups excluding carboxylic acids is 2. The van der Waals surface area contributed by atoms with E-state index in [2.05, 4.69) is 10.5 Å². The van der Waals surface area contributed by atoms with Gasteiger partial charge in [0.15, 0.2) is 15.5 Å². The second kappa shape index (κ2) is 6.54. The highest BCUT2D eigenvalue weighted by atomic mass is 32.2. The third-order valence-corrected chi connectivity index (χ3v) is 6.73. The number of aromatic nitrogens is 1. The highest BCUT2D eigenvalue weighted by Gasteiger charge is 2.34. The normalized spacial score (nSPS) is 19.3. The van der Waals surface area contributed by atoms with Crippen LogP contribution in [-0.2, 0) is 14.6 Å². The molecule has 1 N–H and O–H groups in total. The van der Waals surface area contributed by atoms with Gasteiger partial charge in [-0.25, -0.2) is 8.42 Å². The maximum absolute atomic E-state index is 12.4. The number of likely N-dealkylation sites (tertiary alicyclic amines) is 1. The summed E-state index contributed by atoms with van der Waals surface area (Å²) in [5, 5.41) is 5.57. The lowest BCUT2D eigenvalue weighted by atomic mass is 10.1. The van der Waals surface area contributed by atoms with Gasteiger partial charge in [0.1, 0.15) is 11.5 Å². The first-order valence-electron chi connectivity index (χ1n) is 8.08. The Morgan fingerprint density at radius 3 is 2.54 bits per heavy atom. The first-order chi connectivity index (χ1) is 11.4. The Morgan fingerprint density at radius 1 is 1.29 bits per heavy atom. The van der Waals surface area contributed by atoms with Gasteiger partial charge in [0.2, 0.25) is 5.91 Å². The van der Waals surface area contributed by atoms with Gasteiger partial charge in [-0.2, -0.15) is 0 Å². The van der Waals surface area contributed by atoms with Crippen LogP contribution in [0.2, 0.25) is 0 Å². The smallest absolute Gasteiger partial charge is 0.276 e. The molecule has 0 aromatic carbocycles. The van der Waals surface area contributed by atoms with Crippen molar-refractivity contribution in [3.8, 4) is 0 Å². The highest BCUT2D eigenvalue weighted by molar-refractivity contribution is 7.92. The van der Waals surface area contributed by atoms with Crippen LogP contribution in [-0.4, -0.2) is 61.4 Å². The minimum absolute atomic E-state index is 0.229. The van der Waals surface area contributed by atoms with Crippen LogP contribution in [0.15, 0.2) is 10.6 Å². The summed E-state index contributed by atoms with van der Waals surface area (Å²) < 4.78 is 29.6. The molecule has 2 aliphatic rings. The molecule has 0 atom stereocenters. The molecule has 1 saturated heterocycles. The Labute approximate surface area is 140 Å². The van der Waals surface area contributed by atoms with E-state index in [1.807, 2.05) is 0 Å². The Morgan fingerprint density at radius 2 is 1.96 bits per heavy atom. The van der Waals surface area contributed by atoms with Crippen LogP contribution in [0.25, 0.3) is 0 Å². The third-order valence-electron chi connectivity index (χ3n) is 4.58. The molecular weight excluding hydrogens is 334 g/mol. The second-order valence-corrected chi connectivity index (χ2v) is 8.64. The van der Waals surface area contributed by atoms with Gasteiger partial charge >= 0.3 is 0 Å². The van der Waals surface area contributed by atoms with Gasteiger partial charge in [0.25, 0.3) is 5.91 Å². The van der Waals surface area contributed by atoms with Crippen molar-refractivity contribution in [2.24, 2.45) is 0 Å². The van der Waals surface area contributed by atoms with Crippen LogP contribution in [0.3, 0.4) is 0 Å². The predicted molar refractivity (Wildman–Crippen MR) is 85.3 cm³/mol. The first-order valence-corrected chi connectivity index (χ1v) is 9.80. The number of rotatable bonds is 5. The van der Waals surface area contributed by atoms with E-state index in [-0.39, 0.29) is 11.6 Å². The average molecular weight is 355 g/mol. The molecule has 1 aromatic rings. The zero-order chi connectivity index (χ0) is 17.3. The Kier molecular flexibility index (Phi) is 4.62. The van der Waals surface area contributed by atoms with Gasteiger partial charge in [-0.3, -0.25) is 9.59 Å². The summed E-state index contributed by atoms with van der Waals surface area (Å²) in [4.78, 5) is 25.3. The van der Waals surface area contributed by atoms with Crippen LogP contribution in [0, 0.1) is 0 Å². The van der Waals surface area contributed by atoms with E-state index in [9.17, 15) is 18.0 Å². The quantitative estimate of drug-likeness (QED) is 0.814. The van der Waals surface area contributed by atoms with E-state index in [0.29, 0.717) is 31.8 Å². The number of hydrogen-bond acceptors (Lipinski definition) is 6. The summed E-state index contributed by atoms with van der Waals surface area (Å²) in [7, 11) is -2.08. The van der Waals surface area contributed by atoms with Gasteiger partial charge in [0, 0.05) is 32.1 Å². The zero-order valence-corrected chi connectivity index (χ0v) is 14.3. The van der Waals surface area contributed by atoms with Crippen LogP contribution >= 0.6 is 0 Å². The van der Waals surface area contributed by atoms with Crippen molar-refractivity contribution >= 4 is 21.7 Å². The van der Waals surface area contributed by atoms with Crippen molar-refractivity contribution in [1.29, 1.82) is 0 Å². The van der Waals surface area contributed by atoms with Crippen molar-refractivity contribution in [2.75, 3.05) is 25.9 Å². The van der Waals surface area contributed by atoms with Crippen molar-refractivity contribution in [3.63, 3.8) is 0 Å². The number of piperidine rings is 1. The van der Waals surface area contributed by atoms with Crippen molar-refractivity contribution in [2.45, 2.75) is 36.9 Å². The van der Waals surface area contributed by atoms with Crippen molar-refractivity contribution in [3.05, 3.63) is 17.5 Å². The van der Waals surface area contributed by atoms with E-state index in [1.165, 1.54) is 7.05 Å². The predicted octanol–water partition coefficient (Wildman–Crippen LogP) is 0.317. The molecule has 0 unspecified atom stereocenters. The van der Waals surface area contributed by atoms with Crippen LogP contribution < -0.4 is 5.32 Å². The van der Waals surface area contributed by atoms with Gasteiger partial charge in [0.05, 0.1) is 5.25 Å². The molecule has 24 heavy (non-hydrogen) atoms. The van der Waals surface area contributed by atoms with Gasteiger partial charge in [-0.05, 0) is 25.7 Å². The average Bonchev–Trinajstić information content (AvgIpc) is 3.31. The van der Waals surface area contributed by atoms with Gasteiger partial charge < -0.3 is 14.7 Å². The molecule has 1 aromatic heterocycles. The molecule has 1 aliphatic carbocycles. The molecule has 2 fully saturated rings. The van der Waals surface area contributed by atoms with Crippen LogP contribution in [0.4, 0.5) is 0 Å². The van der Waals surface area contributed by atoms with E-state index in [1.54, 1.807) is 11.0 Å². The summed E-state index contributed by atoms with van der Waals surface area (Å²) >= 11 is 0. The third kappa shape index (κ3) is 3.61. The molecule has 1 saturated carbocycles. The minimum Gasteiger partial charge on any atom is -0.360 e. The van der Waals surface area contributed by atoms with Gasteiger partial charge in [-0.1, -0.05) is 5.16 Å². The molecule has 132 valence electrons. The lowest BCUT2D eigenvalue weighted by Gasteiger charge is -2.31. The molecule has 8 nitrogen and oxygen atoms in total. The highest BCUT2D eigenvalue weighted by Crippen LogP contribution is 2.40. The number of nitrogens with zero attached hydrogens (tertiary/aromatic N) is 2. The molecule has 3 rings (SSSR count). The molecule has 0 radical (unpaired) electrons. The van der Waals surface area contributed by atoms with Gasteiger partial charge in [-0.15, -0.1) is 0 Å². The summed E-state index contributed by atoms with van der Waals surface area (Å²) in [5.74, 6) is -0.103. The standard InChI is InChI=1S/C15H21N3O5S/c1-16-14(19)9-24(21,22)11-4-6-18(7-5-11)15(20)12-8-13(23-17-12)10-2-3-10/h8,10-11H,2-7,9H2,1H3,(H,16,19). The Balaban J connectivity index is 1.57. The molecule has 2 amide bonds. The van der Waals surface area contributed by atoms with E-state index in [0.717, 1.165) is 18.6 Å². The summed E-state index contributed by atoms with van der Waals surface area (Å²) in [6.07, 6.45) is 2.80. The zero-order valence-electron chi connectivity index (χ0n) is 13.5.